The normalized spacial score (nSPS) is 11.9. The van der Waals surface area contributed by atoms with Crippen LogP contribution in [0.5, 0.6) is 0 Å². The van der Waals surface area contributed by atoms with Crippen molar-refractivity contribution < 1.29 is 33.4 Å². The van der Waals surface area contributed by atoms with Crippen LogP contribution in [0.2, 0.25) is 0 Å². The van der Waals surface area contributed by atoms with Gasteiger partial charge in [0.15, 0.2) is 0 Å². The fraction of sp³-hybridized carbons (Fsp3) is 0.818. The van der Waals surface area contributed by atoms with Crippen molar-refractivity contribution in [3.8, 4) is 0 Å². The minimum atomic E-state index is -0.851. The van der Waals surface area contributed by atoms with Crippen LogP contribution in [0.4, 0.5) is 4.79 Å². The molecule has 2 N–H and O–H groups in total. The molecule has 1 atom stereocenters. The van der Waals surface area contributed by atoms with Gasteiger partial charge in [0.1, 0.15) is 11.6 Å². The zero-order valence-electron chi connectivity index (χ0n) is 19.7. The highest BCUT2D eigenvalue weighted by atomic mass is 16.6. The van der Waals surface area contributed by atoms with Crippen molar-refractivity contribution in [2.24, 2.45) is 0 Å². The number of rotatable bonds is 15. The Bertz CT molecular complexity index is 559. The van der Waals surface area contributed by atoms with Crippen molar-refractivity contribution in [1.82, 2.24) is 10.6 Å². The van der Waals surface area contributed by atoms with E-state index in [1.165, 1.54) is 0 Å². The van der Waals surface area contributed by atoms with Gasteiger partial charge in [0, 0.05) is 19.4 Å². The maximum Gasteiger partial charge on any atom is 0.407 e. The summed E-state index contributed by atoms with van der Waals surface area (Å²) >= 11 is 0. The topological polar surface area (TPSA) is 120 Å². The molecule has 0 spiro atoms. The first-order valence-electron chi connectivity index (χ1n) is 11.2. The first-order chi connectivity index (χ1) is 14.6. The molecule has 0 fully saturated rings. The van der Waals surface area contributed by atoms with Crippen molar-refractivity contribution in [3.63, 3.8) is 0 Å². The lowest BCUT2D eigenvalue weighted by molar-refractivity contribution is -0.148. The van der Waals surface area contributed by atoms with Gasteiger partial charge >= 0.3 is 18.0 Å². The third-order valence-corrected chi connectivity index (χ3v) is 4.10. The van der Waals surface area contributed by atoms with Crippen LogP contribution in [0.1, 0.15) is 86.0 Å². The molecule has 0 aromatic heterocycles. The highest BCUT2D eigenvalue weighted by Gasteiger charge is 2.23. The molecule has 0 rings (SSSR count). The number of hydrogen-bond donors (Lipinski definition) is 2. The molecule has 0 aromatic carbocycles. The third-order valence-electron chi connectivity index (χ3n) is 4.10. The first-order valence-corrected chi connectivity index (χ1v) is 11.2. The number of carbonyl (C=O) groups is 4. The molecule has 31 heavy (non-hydrogen) atoms. The van der Waals surface area contributed by atoms with E-state index < -0.39 is 29.7 Å². The minimum Gasteiger partial charge on any atom is -0.466 e. The van der Waals surface area contributed by atoms with Crippen molar-refractivity contribution in [3.05, 3.63) is 0 Å². The number of nitrogens with one attached hydrogen (secondary N) is 2. The number of alkyl carbamates (subject to hydrolysis) is 1. The molecule has 180 valence electrons. The number of unbranched alkanes of at least 4 members (excludes halogenated alkanes) is 4. The molecule has 0 aromatic rings. The summed E-state index contributed by atoms with van der Waals surface area (Å²) in [6.45, 7) is 9.87. The lowest BCUT2D eigenvalue weighted by Gasteiger charge is -2.19. The van der Waals surface area contributed by atoms with E-state index in [1.807, 2.05) is 20.8 Å². The van der Waals surface area contributed by atoms with Crippen molar-refractivity contribution in [2.45, 2.75) is 97.6 Å². The predicted molar refractivity (Wildman–Crippen MR) is 116 cm³/mol. The fourth-order valence-corrected chi connectivity index (χ4v) is 2.70. The summed E-state index contributed by atoms with van der Waals surface area (Å²) in [4.78, 5) is 47.2. The molecular formula is C22H40N2O7. The van der Waals surface area contributed by atoms with E-state index in [9.17, 15) is 19.2 Å². The monoisotopic (exact) mass is 444 g/mol. The van der Waals surface area contributed by atoms with Crippen LogP contribution in [0.15, 0.2) is 0 Å². The molecular weight excluding hydrogens is 404 g/mol. The Morgan fingerprint density at radius 3 is 2.06 bits per heavy atom. The van der Waals surface area contributed by atoms with E-state index in [0.29, 0.717) is 19.4 Å². The van der Waals surface area contributed by atoms with Crippen LogP contribution in [0.25, 0.3) is 0 Å². The Hall–Kier alpha value is -2.32. The van der Waals surface area contributed by atoms with Crippen molar-refractivity contribution in [1.29, 1.82) is 0 Å². The summed E-state index contributed by atoms with van der Waals surface area (Å²) in [6, 6.07) is -0.851. The molecule has 0 aliphatic rings. The van der Waals surface area contributed by atoms with Gasteiger partial charge in [-0.25, -0.2) is 9.59 Å². The second kappa shape index (κ2) is 16.4. The fourth-order valence-electron chi connectivity index (χ4n) is 2.70. The average Bonchev–Trinajstić information content (AvgIpc) is 2.66. The van der Waals surface area contributed by atoms with Crippen LogP contribution in [-0.4, -0.2) is 55.3 Å². The second-order valence-electron chi connectivity index (χ2n) is 8.16. The zero-order valence-corrected chi connectivity index (χ0v) is 19.7. The van der Waals surface area contributed by atoms with Gasteiger partial charge in [-0.05, 0) is 53.9 Å². The number of carbonyl (C=O) groups excluding carboxylic acids is 4. The summed E-state index contributed by atoms with van der Waals surface area (Å²) in [5.41, 5.74) is -0.504. The Morgan fingerprint density at radius 1 is 0.839 bits per heavy atom. The Kier molecular flexibility index (Phi) is 15.2. The summed E-state index contributed by atoms with van der Waals surface area (Å²) in [5, 5.41) is 5.38. The lowest BCUT2D eigenvalue weighted by atomic mass is 10.1. The van der Waals surface area contributed by atoms with Gasteiger partial charge in [-0.15, -0.1) is 0 Å². The second-order valence-corrected chi connectivity index (χ2v) is 8.16. The molecule has 0 aliphatic heterocycles. The maximum absolute atomic E-state index is 12.2. The maximum atomic E-state index is 12.2. The summed E-state index contributed by atoms with van der Waals surface area (Å²) in [5.74, 6) is -1.20. The largest absolute Gasteiger partial charge is 0.466 e. The van der Waals surface area contributed by atoms with Gasteiger partial charge in [-0.1, -0.05) is 19.3 Å². The Morgan fingerprint density at radius 2 is 1.45 bits per heavy atom. The first kappa shape index (κ1) is 28.7. The van der Waals surface area contributed by atoms with Crippen molar-refractivity contribution in [2.75, 3.05) is 19.8 Å². The molecule has 2 amide bonds. The van der Waals surface area contributed by atoms with Gasteiger partial charge < -0.3 is 24.8 Å². The molecule has 0 heterocycles. The molecule has 1 unspecified atom stereocenters. The SMILES string of the molecule is CCOC(=O)CCC(NC(=O)CCCCCCCNC(=O)OC(C)(C)C)C(=O)OCC. The van der Waals surface area contributed by atoms with Crippen LogP contribution in [0, 0.1) is 0 Å². The number of amides is 2. The van der Waals surface area contributed by atoms with Crippen LogP contribution in [0.3, 0.4) is 0 Å². The highest BCUT2D eigenvalue weighted by molar-refractivity contribution is 5.84. The van der Waals surface area contributed by atoms with E-state index in [1.54, 1.807) is 13.8 Å². The summed E-state index contributed by atoms with van der Waals surface area (Å²) in [6.07, 6.45) is 4.34. The van der Waals surface area contributed by atoms with E-state index in [4.69, 9.17) is 14.2 Å². The number of hydrogen-bond acceptors (Lipinski definition) is 7. The molecule has 0 saturated carbocycles. The molecule has 9 heteroatoms. The number of ether oxygens (including phenoxy) is 3. The predicted octanol–water partition coefficient (Wildman–Crippen LogP) is 3.24. The number of esters is 2. The van der Waals surface area contributed by atoms with Crippen LogP contribution < -0.4 is 10.6 Å². The van der Waals surface area contributed by atoms with Gasteiger partial charge in [0.25, 0.3) is 0 Å². The molecule has 0 aliphatic carbocycles. The van der Waals surface area contributed by atoms with Crippen molar-refractivity contribution >= 4 is 23.9 Å². The molecule has 9 nitrogen and oxygen atoms in total. The third kappa shape index (κ3) is 17.1. The van der Waals surface area contributed by atoms with Crippen LogP contribution >= 0.6 is 0 Å². The summed E-state index contributed by atoms with van der Waals surface area (Å²) < 4.78 is 15.0. The Balaban J connectivity index is 4.02. The smallest absolute Gasteiger partial charge is 0.407 e. The van der Waals surface area contributed by atoms with Gasteiger partial charge in [0.05, 0.1) is 13.2 Å². The van der Waals surface area contributed by atoms with E-state index in [0.717, 1.165) is 25.7 Å². The summed E-state index contributed by atoms with van der Waals surface area (Å²) in [7, 11) is 0. The van der Waals surface area contributed by atoms with Gasteiger partial charge in [0.2, 0.25) is 5.91 Å². The zero-order chi connectivity index (χ0) is 23.7. The van der Waals surface area contributed by atoms with Gasteiger partial charge in [-0.3, -0.25) is 9.59 Å². The molecule has 0 radical (unpaired) electrons. The quantitative estimate of drug-likeness (QED) is 0.226. The van der Waals surface area contributed by atoms with Crippen LogP contribution in [-0.2, 0) is 28.6 Å². The molecule has 0 bridgehead atoms. The highest BCUT2D eigenvalue weighted by Crippen LogP contribution is 2.08. The standard InChI is InChI=1S/C22H40N2O7/c1-6-29-19(26)15-14-17(20(27)30-7-2)24-18(25)13-11-9-8-10-12-16-23-21(28)31-22(3,4)5/h17H,6-16H2,1-5H3,(H,23,28)(H,24,25). The average molecular weight is 445 g/mol. The Labute approximate surface area is 185 Å². The lowest BCUT2D eigenvalue weighted by Crippen LogP contribution is -2.42. The van der Waals surface area contributed by atoms with E-state index in [2.05, 4.69) is 10.6 Å². The van der Waals surface area contributed by atoms with E-state index in [-0.39, 0.29) is 32.0 Å². The van der Waals surface area contributed by atoms with E-state index >= 15 is 0 Å². The molecule has 0 saturated heterocycles. The van der Waals surface area contributed by atoms with Gasteiger partial charge in [-0.2, -0.15) is 0 Å². The minimum absolute atomic E-state index is 0.0366.